The first-order valence-electron chi connectivity index (χ1n) is 8.02. The number of likely N-dealkylation sites (tertiary alicyclic amines) is 1. The van der Waals surface area contributed by atoms with Crippen molar-refractivity contribution in [1.82, 2.24) is 9.88 Å². The van der Waals surface area contributed by atoms with E-state index < -0.39 is 5.76 Å². The molecular formula is C18H19N3O3. The summed E-state index contributed by atoms with van der Waals surface area (Å²) in [5.41, 5.74) is 8.84. The van der Waals surface area contributed by atoms with Gasteiger partial charge < -0.3 is 14.9 Å². The van der Waals surface area contributed by atoms with E-state index in [2.05, 4.69) is 34.1 Å². The van der Waals surface area contributed by atoms with Crippen LogP contribution >= 0.6 is 0 Å². The van der Waals surface area contributed by atoms with Gasteiger partial charge in [0.05, 0.1) is 11.2 Å². The van der Waals surface area contributed by atoms with Gasteiger partial charge in [0.25, 0.3) is 0 Å². The summed E-state index contributed by atoms with van der Waals surface area (Å²) < 4.78 is 11.1. The van der Waals surface area contributed by atoms with Crippen LogP contribution in [0.5, 0.6) is 5.75 Å². The van der Waals surface area contributed by atoms with Gasteiger partial charge in [0.2, 0.25) is 0 Å². The molecule has 0 amide bonds. The first kappa shape index (κ1) is 14.8. The monoisotopic (exact) mass is 325 g/mol. The molecule has 1 saturated heterocycles. The van der Waals surface area contributed by atoms with Crippen LogP contribution in [0, 0.1) is 0 Å². The number of anilines is 1. The minimum atomic E-state index is -0.489. The normalized spacial score (nSPS) is 18.2. The summed E-state index contributed by atoms with van der Waals surface area (Å²) in [7, 11) is 0. The molecule has 1 aromatic heterocycles. The Hall–Kier alpha value is -2.73. The second kappa shape index (κ2) is 6.05. The van der Waals surface area contributed by atoms with Gasteiger partial charge >= 0.3 is 5.76 Å². The fraction of sp³-hybridized carbons (Fsp3) is 0.278. The molecule has 6 nitrogen and oxygen atoms in total. The SMILES string of the molecule is Nc1cc2oc(=O)[nH]c2cc1OC1CCN(Cc2ccccc2)C1. The third kappa shape index (κ3) is 3.00. The molecule has 124 valence electrons. The van der Waals surface area contributed by atoms with Crippen molar-refractivity contribution in [2.24, 2.45) is 0 Å². The molecule has 1 aliphatic rings. The molecule has 0 aliphatic carbocycles. The molecule has 1 unspecified atom stereocenters. The summed E-state index contributed by atoms with van der Waals surface area (Å²) in [5.74, 6) is 0.0996. The van der Waals surface area contributed by atoms with Crippen molar-refractivity contribution < 1.29 is 9.15 Å². The number of ether oxygens (including phenoxy) is 1. The van der Waals surface area contributed by atoms with Crippen LogP contribution < -0.4 is 16.2 Å². The van der Waals surface area contributed by atoms with E-state index in [1.54, 1.807) is 12.1 Å². The molecular weight excluding hydrogens is 306 g/mol. The van der Waals surface area contributed by atoms with Crippen molar-refractivity contribution in [2.75, 3.05) is 18.8 Å². The Kier molecular flexibility index (Phi) is 3.74. The number of nitrogens with two attached hydrogens (primary N) is 1. The second-order valence-electron chi connectivity index (χ2n) is 6.15. The summed E-state index contributed by atoms with van der Waals surface area (Å²) in [6, 6.07) is 13.8. The molecule has 1 aliphatic heterocycles. The molecule has 0 saturated carbocycles. The van der Waals surface area contributed by atoms with Crippen molar-refractivity contribution in [2.45, 2.75) is 19.1 Å². The zero-order chi connectivity index (χ0) is 16.5. The van der Waals surface area contributed by atoms with E-state index in [0.29, 0.717) is 22.5 Å². The Labute approximate surface area is 138 Å². The Balaban J connectivity index is 1.44. The van der Waals surface area contributed by atoms with E-state index in [4.69, 9.17) is 14.9 Å². The third-order valence-electron chi connectivity index (χ3n) is 4.32. The number of nitrogens with one attached hydrogen (secondary N) is 1. The number of H-pyrrole nitrogens is 1. The molecule has 3 aromatic rings. The maximum Gasteiger partial charge on any atom is 0.417 e. The summed E-state index contributed by atoms with van der Waals surface area (Å²) in [6.07, 6.45) is 1.04. The molecule has 6 heteroatoms. The fourth-order valence-electron chi connectivity index (χ4n) is 3.15. The highest BCUT2D eigenvalue weighted by atomic mass is 16.5. The number of fused-ring (bicyclic) bond motifs is 1. The number of benzene rings is 2. The number of hydrogen-bond acceptors (Lipinski definition) is 5. The maximum absolute atomic E-state index is 11.3. The first-order chi connectivity index (χ1) is 11.7. The molecule has 4 rings (SSSR count). The van der Waals surface area contributed by atoms with Crippen LogP contribution in [0.15, 0.2) is 51.7 Å². The number of nitrogens with zero attached hydrogens (tertiary/aromatic N) is 1. The lowest BCUT2D eigenvalue weighted by molar-refractivity contribution is 0.199. The minimum absolute atomic E-state index is 0.0899. The van der Waals surface area contributed by atoms with E-state index in [-0.39, 0.29) is 6.10 Å². The number of hydrogen-bond donors (Lipinski definition) is 2. The molecule has 1 fully saturated rings. The van der Waals surface area contributed by atoms with Crippen LogP contribution in [0.1, 0.15) is 12.0 Å². The molecule has 2 aromatic carbocycles. The van der Waals surface area contributed by atoms with Gasteiger partial charge in [-0.2, -0.15) is 0 Å². The minimum Gasteiger partial charge on any atom is -0.487 e. The van der Waals surface area contributed by atoms with Gasteiger partial charge in [-0.1, -0.05) is 30.3 Å². The van der Waals surface area contributed by atoms with Gasteiger partial charge in [-0.05, 0) is 12.0 Å². The quantitative estimate of drug-likeness (QED) is 0.719. The molecule has 2 heterocycles. The van der Waals surface area contributed by atoms with E-state index in [9.17, 15) is 4.79 Å². The van der Waals surface area contributed by atoms with E-state index in [0.717, 1.165) is 26.1 Å². The Morgan fingerprint density at radius 1 is 1.29 bits per heavy atom. The lowest BCUT2D eigenvalue weighted by Crippen LogP contribution is -2.24. The van der Waals surface area contributed by atoms with E-state index >= 15 is 0 Å². The predicted molar refractivity (Wildman–Crippen MR) is 92.0 cm³/mol. The summed E-state index contributed by atoms with van der Waals surface area (Å²) in [4.78, 5) is 16.3. The van der Waals surface area contributed by atoms with Crippen molar-refractivity contribution >= 4 is 16.8 Å². The highest BCUT2D eigenvalue weighted by Crippen LogP contribution is 2.29. The highest BCUT2D eigenvalue weighted by molar-refractivity contribution is 5.80. The van der Waals surface area contributed by atoms with Gasteiger partial charge in [-0.3, -0.25) is 9.88 Å². The Morgan fingerprint density at radius 3 is 2.96 bits per heavy atom. The summed E-state index contributed by atoms with van der Waals surface area (Å²) in [5, 5.41) is 0. The predicted octanol–water partition coefficient (Wildman–Crippen LogP) is 2.36. The number of aromatic nitrogens is 1. The van der Waals surface area contributed by atoms with Crippen LogP contribution in [0.4, 0.5) is 5.69 Å². The zero-order valence-electron chi connectivity index (χ0n) is 13.2. The lowest BCUT2D eigenvalue weighted by Gasteiger charge is -2.17. The van der Waals surface area contributed by atoms with Crippen molar-refractivity contribution in [1.29, 1.82) is 0 Å². The number of oxazole rings is 1. The van der Waals surface area contributed by atoms with Gasteiger partial charge in [-0.25, -0.2) is 4.79 Å². The highest BCUT2D eigenvalue weighted by Gasteiger charge is 2.24. The Morgan fingerprint density at radius 2 is 2.12 bits per heavy atom. The standard InChI is InChI=1S/C18H19N3O3/c19-14-8-17-15(20-18(22)24-17)9-16(14)23-13-6-7-21(11-13)10-12-4-2-1-3-5-12/h1-5,8-9,13H,6-7,10-11,19H2,(H,20,22). The first-order valence-corrected chi connectivity index (χ1v) is 8.02. The van der Waals surface area contributed by atoms with Gasteiger partial charge in [0, 0.05) is 31.8 Å². The average molecular weight is 325 g/mol. The molecule has 24 heavy (non-hydrogen) atoms. The smallest absolute Gasteiger partial charge is 0.417 e. The molecule has 1 atom stereocenters. The fourth-order valence-corrected chi connectivity index (χ4v) is 3.15. The number of nitrogen functional groups attached to an aromatic ring is 1. The molecule has 0 spiro atoms. The van der Waals surface area contributed by atoms with Gasteiger partial charge in [0.1, 0.15) is 11.9 Å². The van der Waals surface area contributed by atoms with Crippen LogP contribution in [0.2, 0.25) is 0 Å². The summed E-state index contributed by atoms with van der Waals surface area (Å²) in [6.45, 7) is 2.77. The van der Waals surface area contributed by atoms with Crippen molar-refractivity contribution in [3.63, 3.8) is 0 Å². The lowest BCUT2D eigenvalue weighted by atomic mass is 10.2. The molecule has 3 N–H and O–H groups in total. The van der Waals surface area contributed by atoms with Crippen LogP contribution in [0.3, 0.4) is 0 Å². The van der Waals surface area contributed by atoms with E-state index in [1.165, 1.54) is 5.56 Å². The zero-order valence-corrected chi connectivity index (χ0v) is 13.2. The number of aromatic amines is 1. The largest absolute Gasteiger partial charge is 0.487 e. The van der Waals surface area contributed by atoms with Crippen molar-refractivity contribution in [3.05, 3.63) is 58.6 Å². The number of rotatable bonds is 4. The molecule has 0 bridgehead atoms. The third-order valence-corrected chi connectivity index (χ3v) is 4.32. The van der Waals surface area contributed by atoms with E-state index in [1.807, 2.05) is 6.07 Å². The van der Waals surface area contributed by atoms with Gasteiger partial charge in [0.15, 0.2) is 5.58 Å². The Bertz CT molecular complexity index is 901. The van der Waals surface area contributed by atoms with Crippen LogP contribution in [-0.2, 0) is 6.54 Å². The van der Waals surface area contributed by atoms with Crippen molar-refractivity contribution in [3.8, 4) is 5.75 Å². The maximum atomic E-state index is 11.3. The average Bonchev–Trinajstić information content (AvgIpc) is 3.14. The summed E-state index contributed by atoms with van der Waals surface area (Å²) >= 11 is 0. The van der Waals surface area contributed by atoms with Crippen LogP contribution in [0.25, 0.3) is 11.1 Å². The second-order valence-corrected chi connectivity index (χ2v) is 6.15. The topological polar surface area (TPSA) is 84.5 Å². The van der Waals surface area contributed by atoms with Gasteiger partial charge in [-0.15, -0.1) is 0 Å². The van der Waals surface area contributed by atoms with Crippen LogP contribution in [-0.4, -0.2) is 29.1 Å². The molecule has 0 radical (unpaired) electrons.